The van der Waals surface area contributed by atoms with Gasteiger partial charge in [-0.15, -0.1) is 11.3 Å². The minimum absolute atomic E-state index is 0.0336. The second-order valence-corrected chi connectivity index (χ2v) is 7.27. The van der Waals surface area contributed by atoms with Gasteiger partial charge in [-0.3, -0.25) is 0 Å². The maximum atomic E-state index is 6.23. The monoisotopic (exact) mass is 373 g/mol. The average molecular weight is 374 g/mol. The molecule has 0 bridgehead atoms. The minimum Gasteiger partial charge on any atom is -0.488 e. The zero-order valence-corrected chi connectivity index (χ0v) is 16.3. The van der Waals surface area contributed by atoms with Crippen molar-refractivity contribution in [1.29, 1.82) is 0 Å². The Bertz CT molecular complexity index is 710. The molecule has 0 spiro atoms. The van der Waals surface area contributed by atoms with Crippen LogP contribution < -0.4 is 15.4 Å². The summed E-state index contributed by atoms with van der Waals surface area (Å²) < 4.78 is 6.10. The Morgan fingerprint density at radius 3 is 2.73 bits per heavy atom. The highest BCUT2D eigenvalue weighted by molar-refractivity contribution is 7.13. The minimum atomic E-state index is 0.0336. The number of hydrogen-bond acceptors (Lipinski definition) is 5. The van der Waals surface area contributed by atoms with E-state index in [0.29, 0.717) is 12.5 Å². The van der Waals surface area contributed by atoms with E-state index in [1.54, 1.807) is 11.3 Å². The summed E-state index contributed by atoms with van der Waals surface area (Å²) in [5, 5.41) is 3.09. The number of nitrogens with zero attached hydrogens (tertiary/aromatic N) is 4. The molecule has 1 aromatic heterocycles. The first-order valence-corrected chi connectivity index (χ1v) is 9.97. The smallest absolute Gasteiger partial charge is 0.191 e. The van der Waals surface area contributed by atoms with Crippen LogP contribution in [0.5, 0.6) is 5.75 Å². The molecule has 2 aromatic rings. The van der Waals surface area contributed by atoms with Crippen LogP contribution in [-0.4, -0.2) is 54.7 Å². The van der Waals surface area contributed by atoms with E-state index in [0.717, 1.165) is 49.0 Å². The standard InChI is InChI=1S/C19H27N5OS/c1-3-16(25-17-7-5-4-6-15(17)2)14-22-18(20)23-9-11-24(12-10-23)19-21-8-13-26-19/h4-8,13,16H,3,9-12,14H2,1-2H3,(H2,20,22). The van der Waals surface area contributed by atoms with Crippen LogP contribution in [0.4, 0.5) is 5.13 Å². The number of ether oxygens (including phenoxy) is 1. The molecule has 1 unspecified atom stereocenters. The zero-order valence-electron chi connectivity index (χ0n) is 15.5. The van der Waals surface area contributed by atoms with E-state index in [9.17, 15) is 0 Å². The Hall–Kier alpha value is -2.28. The molecule has 7 heteroatoms. The van der Waals surface area contributed by atoms with Gasteiger partial charge in [-0.05, 0) is 25.0 Å². The van der Waals surface area contributed by atoms with Gasteiger partial charge in [-0.2, -0.15) is 0 Å². The number of aliphatic imine (C=N–C) groups is 1. The molecule has 0 aliphatic carbocycles. The molecule has 1 aliphatic heterocycles. The lowest BCUT2D eigenvalue weighted by atomic mass is 10.2. The Kier molecular flexibility index (Phi) is 6.33. The Morgan fingerprint density at radius 1 is 1.31 bits per heavy atom. The summed E-state index contributed by atoms with van der Waals surface area (Å²) in [6, 6.07) is 8.07. The number of nitrogens with two attached hydrogens (primary N) is 1. The Balaban J connectivity index is 1.51. The van der Waals surface area contributed by atoms with Gasteiger partial charge < -0.3 is 20.3 Å². The van der Waals surface area contributed by atoms with Crippen molar-refractivity contribution in [3.8, 4) is 5.75 Å². The normalized spacial score (nSPS) is 16.6. The summed E-state index contributed by atoms with van der Waals surface area (Å²) in [5.41, 5.74) is 7.37. The van der Waals surface area contributed by atoms with Gasteiger partial charge in [-0.1, -0.05) is 25.1 Å². The number of anilines is 1. The predicted molar refractivity (Wildman–Crippen MR) is 108 cm³/mol. The van der Waals surface area contributed by atoms with E-state index in [1.807, 2.05) is 29.8 Å². The van der Waals surface area contributed by atoms with Crippen molar-refractivity contribution in [1.82, 2.24) is 9.88 Å². The van der Waals surface area contributed by atoms with Crippen LogP contribution in [0.15, 0.2) is 40.8 Å². The molecule has 1 atom stereocenters. The molecule has 1 fully saturated rings. The summed E-state index contributed by atoms with van der Waals surface area (Å²) in [4.78, 5) is 13.4. The topological polar surface area (TPSA) is 67.0 Å². The molecule has 0 radical (unpaired) electrons. The number of hydrogen-bond donors (Lipinski definition) is 1. The van der Waals surface area contributed by atoms with E-state index in [1.165, 1.54) is 0 Å². The number of para-hydroxylation sites is 1. The molecule has 140 valence electrons. The molecule has 6 nitrogen and oxygen atoms in total. The van der Waals surface area contributed by atoms with E-state index in [-0.39, 0.29) is 6.10 Å². The molecular formula is C19H27N5OS. The molecule has 1 aliphatic rings. The van der Waals surface area contributed by atoms with Crippen molar-refractivity contribution in [2.45, 2.75) is 26.4 Å². The SMILES string of the molecule is CCC(CN=C(N)N1CCN(c2nccs2)CC1)Oc1ccccc1C. The maximum absolute atomic E-state index is 6.23. The molecule has 2 heterocycles. The van der Waals surface area contributed by atoms with Crippen molar-refractivity contribution in [3.63, 3.8) is 0 Å². The highest BCUT2D eigenvalue weighted by Gasteiger charge is 2.20. The average Bonchev–Trinajstić information content (AvgIpc) is 3.21. The van der Waals surface area contributed by atoms with Crippen molar-refractivity contribution >= 4 is 22.4 Å². The largest absolute Gasteiger partial charge is 0.488 e. The number of aryl methyl sites for hydroxylation is 1. The molecule has 2 N–H and O–H groups in total. The summed E-state index contributed by atoms with van der Waals surface area (Å²) in [5.74, 6) is 1.53. The number of benzene rings is 1. The van der Waals surface area contributed by atoms with Crippen LogP contribution in [0.2, 0.25) is 0 Å². The van der Waals surface area contributed by atoms with Gasteiger partial charge in [0, 0.05) is 37.8 Å². The highest BCUT2D eigenvalue weighted by atomic mass is 32.1. The van der Waals surface area contributed by atoms with Crippen molar-refractivity contribution in [2.24, 2.45) is 10.7 Å². The van der Waals surface area contributed by atoms with E-state index < -0.39 is 0 Å². The summed E-state index contributed by atoms with van der Waals surface area (Å²) in [6.45, 7) is 8.31. The molecule has 1 aromatic carbocycles. The molecular weight excluding hydrogens is 346 g/mol. The van der Waals surface area contributed by atoms with Gasteiger partial charge in [0.05, 0.1) is 6.54 Å². The van der Waals surface area contributed by atoms with Crippen LogP contribution >= 0.6 is 11.3 Å². The summed E-state index contributed by atoms with van der Waals surface area (Å²) >= 11 is 1.68. The highest BCUT2D eigenvalue weighted by Crippen LogP contribution is 2.20. The Morgan fingerprint density at radius 2 is 2.08 bits per heavy atom. The van der Waals surface area contributed by atoms with Gasteiger partial charge in [0.2, 0.25) is 0 Å². The van der Waals surface area contributed by atoms with Gasteiger partial charge in [0.1, 0.15) is 11.9 Å². The molecule has 0 amide bonds. The first kappa shape index (κ1) is 18.5. The Labute approximate surface area is 159 Å². The molecule has 1 saturated heterocycles. The molecule has 26 heavy (non-hydrogen) atoms. The number of thiazole rings is 1. The third kappa shape index (κ3) is 4.66. The predicted octanol–water partition coefficient (Wildman–Crippen LogP) is 2.75. The number of piperazine rings is 1. The van der Waals surface area contributed by atoms with Crippen molar-refractivity contribution in [3.05, 3.63) is 41.4 Å². The lowest BCUT2D eigenvalue weighted by molar-refractivity contribution is 0.203. The van der Waals surface area contributed by atoms with Gasteiger partial charge >= 0.3 is 0 Å². The summed E-state index contributed by atoms with van der Waals surface area (Å²) in [6.07, 6.45) is 2.77. The fraction of sp³-hybridized carbons (Fsp3) is 0.474. The number of guanidine groups is 1. The van der Waals surface area contributed by atoms with E-state index in [4.69, 9.17) is 10.5 Å². The first-order chi connectivity index (χ1) is 12.7. The van der Waals surface area contributed by atoms with Crippen LogP contribution in [-0.2, 0) is 0 Å². The number of aromatic nitrogens is 1. The first-order valence-electron chi connectivity index (χ1n) is 9.09. The van der Waals surface area contributed by atoms with Crippen LogP contribution in [0.25, 0.3) is 0 Å². The fourth-order valence-electron chi connectivity index (χ4n) is 2.91. The van der Waals surface area contributed by atoms with Crippen LogP contribution in [0.1, 0.15) is 18.9 Å². The van der Waals surface area contributed by atoms with Gasteiger partial charge in [0.25, 0.3) is 0 Å². The second kappa shape index (κ2) is 8.89. The third-order valence-electron chi connectivity index (χ3n) is 4.59. The number of rotatable bonds is 6. The third-order valence-corrected chi connectivity index (χ3v) is 5.43. The van der Waals surface area contributed by atoms with Crippen LogP contribution in [0.3, 0.4) is 0 Å². The van der Waals surface area contributed by atoms with E-state index in [2.05, 4.69) is 39.7 Å². The van der Waals surface area contributed by atoms with E-state index >= 15 is 0 Å². The summed E-state index contributed by atoms with van der Waals surface area (Å²) in [7, 11) is 0. The van der Waals surface area contributed by atoms with Crippen LogP contribution in [0, 0.1) is 6.92 Å². The van der Waals surface area contributed by atoms with Gasteiger partial charge in [0.15, 0.2) is 11.1 Å². The second-order valence-electron chi connectivity index (χ2n) is 6.40. The van der Waals surface area contributed by atoms with Crippen molar-refractivity contribution < 1.29 is 4.74 Å². The van der Waals surface area contributed by atoms with Gasteiger partial charge in [-0.25, -0.2) is 9.98 Å². The molecule has 3 rings (SSSR count). The maximum Gasteiger partial charge on any atom is 0.191 e. The van der Waals surface area contributed by atoms with Crippen molar-refractivity contribution in [2.75, 3.05) is 37.6 Å². The lowest BCUT2D eigenvalue weighted by Crippen LogP contribution is -2.51. The lowest BCUT2D eigenvalue weighted by Gasteiger charge is -2.35. The fourth-order valence-corrected chi connectivity index (χ4v) is 3.61. The quantitative estimate of drug-likeness (QED) is 0.623. The zero-order chi connectivity index (χ0) is 18.4. The molecule has 0 saturated carbocycles.